The summed E-state index contributed by atoms with van der Waals surface area (Å²) in [6.45, 7) is 0. The van der Waals surface area contributed by atoms with E-state index in [1.54, 1.807) is 6.07 Å². The Labute approximate surface area is 103 Å². The van der Waals surface area contributed by atoms with Crippen LogP contribution in [0.15, 0.2) is 42.6 Å². The number of nitrogen functional groups attached to an aromatic ring is 1. The predicted octanol–water partition coefficient (Wildman–Crippen LogP) is 2.63. The molecule has 17 heavy (non-hydrogen) atoms. The van der Waals surface area contributed by atoms with Crippen molar-refractivity contribution in [3.8, 4) is 11.4 Å². The summed E-state index contributed by atoms with van der Waals surface area (Å²) in [7, 11) is 0. The van der Waals surface area contributed by atoms with Crippen LogP contribution in [0.3, 0.4) is 0 Å². The zero-order valence-electron chi connectivity index (χ0n) is 8.84. The van der Waals surface area contributed by atoms with Gasteiger partial charge in [-0.2, -0.15) is 0 Å². The summed E-state index contributed by atoms with van der Waals surface area (Å²) in [5, 5.41) is 8.88. The summed E-state index contributed by atoms with van der Waals surface area (Å²) in [6.07, 6.45) is 1.88. The molecular formula is C12H9ClN4. The van der Waals surface area contributed by atoms with Gasteiger partial charge in [0.05, 0.1) is 5.69 Å². The average Bonchev–Trinajstić information content (AvgIpc) is 2.74. The Morgan fingerprint density at radius 3 is 2.82 bits per heavy atom. The minimum absolute atomic E-state index is 0.605. The summed E-state index contributed by atoms with van der Waals surface area (Å²) >= 11 is 5.96. The maximum absolute atomic E-state index is 5.96. The first-order chi connectivity index (χ1) is 8.25. The number of hydrogen-bond donors (Lipinski definition) is 1. The van der Waals surface area contributed by atoms with E-state index >= 15 is 0 Å². The number of fused-ring (bicyclic) bond motifs is 1. The molecule has 0 bridgehead atoms. The largest absolute Gasteiger partial charge is 0.396 e. The fraction of sp³-hybridized carbons (Fsp3) is 0. The highest BCUT2D eigenvalue weighted by Gasteiger charge is 2.09. The van der Waals surface area contributed by atoms with Crippen LogP contribution >= 0.6 is 11.6 Å². The maximum atomic E-state index is 5.96. The van der Waals surface area contributed by atoms with Crippen LogP contribution in [0, 0.1) is 0 Å². The molecule has 0 atom stereocenters. The van der Waals surface area contributed by atoms with Gasteiger partial charge in [0, 0.05) is 16.8 Å². The number of aromatic nitrogens is 3. The molecule has 5 heteroatoms. The van der Waals surface area contributed by atoms with Crippen LogP contribution in [-0.4, -0.2) is 14.6 Å². The van der Waals surface area contributed by atoms with Gasteiger partial charge < -0.3 is 5.73 Å². The molecule has 0 aliphatic carbocycles. The molecule has 0 spiro atoms. The van der Waals surface area contributed by atoms with Gasteiger partial charge in [-0.3, -0.25) is 4.40 Å². The van der Waals surface area contributed by atoms with Gasteiger partial charge in [0.2, 0.25) is 0 Å². The molecule has 0 aliphatic rings. The zero-order chi connectivity index (χ0) is 11.8. The average molecular weight is 245 g/mol. The normalized spacial score (nSPS) is 10.9. The van der Waals surface area contributed by atoms with Crippen LogP contribution in [0.5, 0.6) is 0 Å². The lowest BCUT2D eigenvalue weighted by atomic mass is 10.2. The fourth-order valence-corrected chi connectivity index (χ4v) is 1.95. The third-order valence-electron chi connectivity index (χ3n) is 2.55. The highest BCUT2D eigenvalue weighted by Crippen LogP contribution is 2.23. The van der Waals surface area contributed by atoms with E-state index in [9.17, 15) is 0 Å². The zero-order valence-corrected chi connectivity index (χ0v) is 9.59. The topological polar surface area (TPSA) is 56.2 Å². The second-order valence-electron chi connectivity index (χ2n) is 3.69. The van der Waals surface area contributed by atoms with Crippen LogP contribution in [0.2, 0.25) is 5.02 Å². The first kappa shape index (κ1) is 10.1. The van der Waals surface area contributed by atoms with Crippen LogP contribution in [0.1, 0.15) is 0 Å². The molecular weight excluding hydrogens is 236 g/mol. The van der Waals surface area contributed by atoms with Crippen molar-refractivity contribution in [2.24, 2.45) is 0 Å². The molecule has 4 nitrogen and oxygen atoms in total. The van der Waals surface area contributed by atoms with E-state index in [2.05, 4.69) is 10.2 Å². The molecule has 0 radical (unpaired) electrons. The third kappa shape index (κ3) is 1.62. The van der Waals surface area contributed by atoms with E-state index in [1.165, 1.54) is 0 Å². The van der Waals surface area contributed by atoms with E-state index in [-0.39, 0.29) is 0 Å². The lowest BCUT2D eigenvalue weighted by molar-refractivity contribution is 1.11. The standard InChI is InChI=1S/C12H9ClN4/c13-9-4-1-3-8(7-9)11-15-16-12-10(14)5-2-6-17(11)12/h1-7H,14H2. The van der Waals surface area contributed by atoms with Crippen LogP contribution < -0.4 is 5.73 Å². The molecule has 0 unspecified atom stereocenters. The van der Waals surface area contributed by atoms with Crippen molar-refractivity contribution in [1.82, 2.24) is 14.6 Å². The summed E-state index contributed by atoms with van der Waals surface area (Å²) in [5.41, 5.74) is 8.00. The first-order valence-electron chi connectivity index (χ1n) is 5.11. The fourth-order valence-electron chi connectivity index (χ4n) is 1.76. The van der Waals surface area contributed by atoms with Gasteiger partial charge in [-0.1, -0.05) is 23.7 Å². The quantitative estimate of drug-likeness (QED) is 0.716. The van der Waals surface area contributed by atoms with Crippen molar-refractivity contribution in [3.63, 3.8) is 0 Å². The lowest BCUT2D eigenvalue weighted by Crippen LogP contribution is -1.93. The number of benzene rings is 1. The molecule has 0 saturated heterocycles. The van der Waals surface area contributed by atoms with Gasteiger partial charge in [-0.25, -0.2) is 0 Å². The third-order valence-corrected chi connectivity index (χ3v) is 2.78. The molecule has 0 saturated carbocycles. The molecule has 2 heterocycles. The van der Waals surface area contributed by atoms with Crippen LogP contribution in [0.4, 0.5) is 5.69 Å². The Balaban J connectivity index is 2.28. The van der Waals surface area contributed by atoms with Crippen molar-refractivity contribution >= 4 is 22.9 Å². The minimum Gasteiger partial charge on any atom is -0.396 e. The Morgan fingerprint density at radius 1 is 1.12 bits per heavy atom. The van der Waals surface area contributed by atoms with E-state index < -0.39 is 0 Å². The molecule has 0 amide bonds. The van der Waals surface area contributed by atoms with Gasteiger partial charge >= 0.3 is 0 Å². The first-order valence-corrected chi connectivity index (χ1v) is 5.48. The van der Waals surface area contributed by atoms with E-state index in [1.807, 2.05) is 40.9 Å². The molecule has 3 aromatic rings. The number of halogens is 1. The van der Waals surface area contributed by atoms with Crippen LogP contribution in [-0.2, 0) is 0 Å². The predicted molar refractivity (Wildman–Crippen MR) is 67.8 cm³/mol. The van der Waals surface area contributed by atoms with Gasteiger partial charge in [0.25, 0.3) is 0 Å². The van der Waals surface area contributed by atoms with Crippen molar-refractivity contribution in [3.05, 3.63) is 47.6 Å². The summed E-state index contributed by atoms with van der Waals surface area (Å²) < 4.78 is 1.85. The number of rotatable bonds is 1. The van der Waals surface area contributed by atoms with Crippen molar-refractivity contribution in [1.29, 1.82) is 0 Å². The second kappa shape index (κ2) is 3.75. The summed E-state index contributed by atoms with van der Waals surface area (Å²) in [5.74, 6) is 0.731. The highest BCUT2D eigenvalue weighted by atomic mass is 35.5. The molecule has 0 aliphatic heterocycles. The molecule has 84 valence electrons. The van der Waals surface area contributed by atoms with Gasteiger partial charge in [-0.05, 0) is 24.3 Å². The number of pyridine rings is 1. The Bertz CT molecular complexity index is 690. The van der Waals surface area contributed by atoms with E-state index in [0.29, 0.717) is 16.4 Å². The van der Waals surface area contributed by atoms with Gasteiger partial charge in [0.15, 0.2) is 11.5 Å². The number of nitrogens with two attached hydrogens (primary N) is 1. The number of hydrogen-bond acceptors (Lipinski definition) is 3. The van der Waals surface area contributed by atoms with Crippen molar-refractivity contribution in [2.45, 2.75) is 0 Å². The molecule has 0 fully saturated rings. The van der Waals surface area contributed by atoms with E-state index in [0.717, 1.165) is 11.4 Å². The van der Waals surface area contributed by atoms with Crippen molar-refractivity contribution in [2.75, 3.05) is 5.73 Å². The SMILES string of the molecule is Nc1cccn2c(-c3cccc(Cl)c3)nnc12. The molecule has 1 aromatic carbocycles. The Kier molecular flexibility index (Phi) is 2.23. The summed E-state index contributed by atoms with van der Waals surface area (Å²) in [4.78, 5) is 0. The van der Waals surface area contributed by atoms with Gasteiger partial charge in [-0.15, -0.1) is 10.2 Å². The molecule has 2 N–H and O–H groups in total. The Morgan fingerprint density at radius 2 is 2.00 bits per heavy atom. The van der Waals surface area contributed by atoms with Crippen molar-refractivity contribution < 1.29 is 0 Å². The lowest BCUT2D eigenvalue weighted by Gasteiger charge is -2.01. The minimum atomic E-state index is 0.605. The van der Waals surface area contributed by atoms with Gasteiger partial charge in [0.1, 0.15) is 0 Å². The Hall–Kier alpha value is -2.07. The monoisotopic (exact) mass is 244 g/mol. The smallest absolute Gasteiger partial charge is 0.184 e. The molecule has 3 rings (SSSR count). The number of anilines is 1. The van der Waals surface area contributed by atoms with Crippen LogP contribution in [0.25, 0.3) is 17.0 Å². The summed E-state index contributed by atoms with van der Waals surface area (Å²) in [6, 6.07) is 11.1. The molecule has 2 aromatic heterocycles. The second-order valence-corrected chi connectivity index (χ2v) is 4.13. The van der Waals surface area contributed by atoms with E-state index in [4.69, 9.17) is 17.3 Å². The maximum Gasteiger partial charge on any atom is 0.184 e. The highest BCUT2D eigenvalue weighted by molar-refractivity contribution is 6.30. The number of nitrogens with zero attached hydrogens (tertiary/aromatic N) is 3.